The number of carbonyl (C=O) groups is 3. The molecule has 52 heavy (non-hydrogen) atoms. The predicted molar refractivity (Wildman–Crippen MR) is 213 cm³/mol. The molecule has 0 saturated carbocycles. The number of esters is 2. The normalized spacial score (nSPS) is 12.9. The highest BCUT2D eigenvalue weighted by atomic mass is 16.6. The van der Waals surface area contributed by atoms with Gasteiger partial charge in [-0.05, 0) is 65.5 Å². The van der Waals surface area contributed by atoms with E-state index in [0.717, 1.165) is 64.2 Å². The van der Waals surface area contributed by atoms with Gasteiger partial charge in [0.15, 0.2) is 6.10 Å². The molecule has 2 unspecified atom stereocenters. The van der Waals surface area contributed by atoms with E-state index in [4.69, 9.17) is 19.4 Å². The van der Waals surface area contributed by atoms with E-state index < -0.39 is 18.1 Å². The number of rotatable bonds is 38. The molecular weight excluding hydrogens is 656 g/mol. The molecule has 9 nitrogen and oxygen atoms in total. The molecule has 2 atom stereocenters. The number of carbonyl (C=O) groups excluding carboxylic acids is 3. The number of hydrogen-bond acceptors (Lipinski definition) is 8. The second kappa shape index (κ2) is 38.5. The number of nitrogens with zero attached hydrogens (tertiary/aromatic N) is 1. The third-order valence-electron chi connectivity index (χ3n) is 9.42. The zero-order valence-corrected chi connectivity index (χ0v) is 34.0. The second-order valence-electron chi connectivity index (χ2n) is 14.6. The van der Waals surface area contributed by atoms with Gasteiger partial charge in [-0.3, -0.25) is 24.5 Å². The molecule has 304 valence electrons. The lowest BCUT2D eigenvalue weighted by Gasteiger charge is -2.23. The minimum Gasteiger partial charge on any atom is -0.462 e. The number of likely N-dealkylation sites (N-methyl/N-ethyl adjacent to an activating group) is 1. The van der Waals surface area contributed by atoms with Gasteiger partial charge in [0, 0.05) is 19.4 Å². The summed E-state index contributed by atoms with van der Waals surface area (Å²) in [5.41, 5.74) is 1.69. The SMILES string of the molecule is CCCCCC=CCC=CCCCCCCCC(=O)OCC(COCCC(C(=O)NO)N(C)C)OC(=O)CCCCCCCCCCCCCCC. The van der Waals surface area contributed by atoms with Crippen molar-refractivity contribution in [2.45, 2.75) is 199 Å². The third kappa shape index (κ3) is 33.6. The molecule has 0 aliphatic heterocycles. The van der Waals surface area contributed by atoms with Gasteiger partial charge in [0.25, 0.3) is 5.91 Å². The second-order valence-corrected chi connectivity index (χ2v) is 14.6. The maximum Gasteiger partial charge on any atom is 0.306 e. The van der Waals surface area contributed by atoms with E-state index >= 15 is 0 Å². The van der Waals surface area contributed by atoms with Crippen molar-refractivity contribution >= 4 is 17.8 Å². The van der Waals surface area contributed by atoms with Crippen molar-refractivity contribution in [3.63, 3.8) is 0 Å². The molecule has 2 N–H and O–H groups in total. The van der Waals surface area contributed by atoms with Crippen molar-refractivity contribution in [1.29, 1.82) is 0 Å². The largest absolute Gasteiger partial charge is 0.462 e. The first kappa shape index (κ1) is 49.8. The Morgan fingerprint density at radius 2 is 1.08 bits per heavy atom. The summed E-state index contributed by atoms with van der Waals surface area (Å²) >= 11 is 0. The van der Waals surface area contributed by atoms with E-state index in [9.17, 15) is 14.4 Å². The molecule has 0 aromatic heterocycles. The van der Waals surface area contributed by atoms with Crippen LogP contribution in [0.1, 0.15) is 187 Å². The lowest BCUT2D eigenvalue weighted by atomic mass is 10.0. The fraction of sp³-hybridized carbons (Fsp3) is 0.837. The highest BCUT2D eigenvalue weighted by molar-refractivity contribution is 5.80. The van der Waals surface area contributed by atoms with Crippen molar-refractivity contribution in [2.24, 2.45) is 0 Å². The number of unbranched alkanes of at least 4 members (excludes halogenated alkanes) is 20. The third-order valence-corrected chi connectivity index (χ3v) is 9.42. The van der Waals surface area contributed by atoms with Crippen molar-refractivity contribution in [2.75, 3.05) is 33.9 Å². The molecule has 0 aliphatic rings. The van der Waals surface area contributed by atoms with Gasteiger partial charge in [-0.25, -0.2) is 5.48 Å². The summed E-state index contributed by atoms with van der Waals surface area (Å²) in [5.74, 6) is -1.13. The van der Waals surface area contributed by atoms with E-state index in [0.29, 0.717) is 19.3 Å². The van der Waals surface area contributed by atoms with Gasteiger partial charge in [-0.1, -0.05) is 147 Å². The first-order chi connectivity index (χ1) is 25.3. The average molecular weight is 737 g/mol. The van der Waals surface area contributed by atoms with Crippen molar-refractivity contribution in [3.05, 3.63) is 24.3 Å². The summed E-state index contributed by atoms with van der Waals surface area (Å²) in [6.07, 6.45) is 37.8. The van der Waals surface area contributed by atoms with Crippen molar-refractivity contribution in [3.8, 4) is 0 Å². The Morgan fingerprint density at radius 3 is 1.60 bits per heavy atom. The van der Waals surface area contributed by atoms with Gasteiger partial charge in [-0.15, -0.1) is 0 Å². The Bertz CT molecular complexity index is 893. The van der Waals surface area contributed by atoms with E-state index in [-0.39, 0.29) is 31.8 Å². The summed E-state index contributed by atoms with van der Waals surface area (Å²) in [4.78, 5) is 38.8. The standard InChI is InChI=1S/C43H80N2O7/c1-5-7-9-11-13-15-17-19-20-22-23-25-27-29-31-33-41(46)51-38-39(37-50-36-35-40(45(3)4)43(48)44-49)52-42(47)34-32-30-28-26-24-21-18-16-14-12-10-8-6-2/h13,15,19-20,39-40,49H,5-12,14,16-18,21-38H2,1-4H3,(H,44,48). The molecule has 0 fully saturated rings. The topological polar surface area (TPSA) is 114 Å². The van der Waals surface area contributed by atoms with Crippen LogP contribution in [0.4, 0.5) is 0 Å². The Hall–Kier alpha value is -2.23. The number of ether oxygens (including phenoxy) is 3. The van der Waals surface area contributed by atoms with Crippen LogP contribution >= 0.6 is 0 Å². The molecule has 9 heteroatoms. The van der Waals surface area contributed by atoms with Crippen LogP contribution in [0.5, 0.6) is 0 Å². The van der Waals surface area contributed by atoms with Gasteiger partial charge < -0.3 is 14.2 Å². The zero-order chi connectivity index (χ0) is 38.3. The zero-order valence-electron chi connectivity index (χ0n) is 34.0. The quantitative estimate of drug-likeness (QED) is 0.0212. The van der Waals surface area contributed by atoms with Crippen molar-refractivity contribution in [1.82, 2.24) is 10.4 Å². The maximum atomic E-state index is 12.7. The van der Waals surface area contributed by atoms with Crippen LogP contribution < -0.4 is 5.48 Å². The Morgan fingerprint density at radius 1 is 0.615 bits per heavy atom. The highest BCUT2D eigenvalue weighted by Crippen LogP contribution is 2.14. The first-order valence-electron chi connectivity index (χ1n) is 21.2. The molecule has 0 saturated heterocycles. The van der Waals surface area contributed by atoms with E-state index in [1.54, 1.807) is 24.5 Å². The van der Waals surface area contributed by atoms with E-state index in [1.807, 2.05) is 0 Å². The molecule has 0 radical (unpaired) electrons. The Balaban J connectivity index is 4.36. The van der Waals surface area contributed by atoms with Crippen LogP contribution in [0.25, 0.3) is 0 Å². The molecule has 0 spiro atoms. The van der Waals surface area contributed by atoms with Crippen LogP contribution in [0.15, 0.2) is 24.3 Å². The summed E-state index contributed by atoms with van der Waals surface area (Å²) in [6, 6.07) is -0.567. The minimum absolute atomic E-state index is 0.0577. The highest BCUT2D eigenvalue weighted by Gasteiger charge is 2.21. The summed E-state index contributed by atoms with van der Waals surface area (Å²) in [5, 5.41) is 9.02. The minimum atomic E-state index is -0.715. The molecule has 0 aromatic carbocycles. The number of hydroxylamine groups is 1. The van der Waals surface area contributed by atoms with Gasteiger partial charge in [0.2, 0.25) is 0 Å². The lowest BCUT2D eigenvalue weighted by molar-refractivity contribution is -0.163. The van der Waals surface area contributed by atoms with Crippen molar-refractivity contribution < 1.29 is 33.8 Å². The van der Waals surface area contributed by atoms with Gasteiger partial charge in [0.05, 0.1) is 12.6 Å². The summed E-state index contributed by atoms with van der Waals surface area (Å²) < 4.78 is 16.9. The van der Waals surface area contributed by atoms with Gasteiger partial charge in [-0.2, -0.15) is 0 Å². The van der Waals surface area contributed by atoms with Crippen LogP contribution in [-0.2, 0) is 28.6 Å². The summed E-state index contributed by atoms with van der Waals surface area (Å²) in [7, 11) is 3.49. The van der Waals surface area contributed by atoms with Crippen LogP contribution in [0.3, 0.4) is 0 Å². The van der Waals surface area contributed by atoms with Crippen LogP contribution in [0, 0.1) is 0 Å². The van der Waals surface area contributed by atoms with E-state index in [1.165, 1.54) is 89.9 Å². The van der Waals surface area contributed by atoms with Crippen LogP contribution in [0.2, 0.25) is 0 Å². The van der Waals surface area contributed by atoms with E-state index in [2.05, 4.69) is 38.2 Å². The molecule has 0 aliphatic carbocycles. The molecule has 0 rings (SSSR count). The fourth-order valence-corrected chi connectivity index (χ4v) is 6.09. The summed E-state index contributed by atoms with van der Waals surface area (Å²) in [6.45, 7) is 4.70. The maximum absolute atomic E-state index is 12.7. The monoisotopic (exact) mass is 737 g/mol. The van der Waals surface area contributed by atoms with Crippen LogP contribution in [-0.4, -0.2) is 74.0 Å². The molecule has 0 heterocycles. The lowest BCUT2D eigenvalue weighted by Crippen LogP contribution is -2.43. The first-order valence-corrected chi connectivity index (χ1v) is 21.2. The molecule has 1 amide bonds. The van der Waals surface area contributed by atoms with Gasteiger partial charge in [0.1, 0.15) is 6.61 Å². The Labute approximate surface area is 319 Å². The molecule has 0 aromatic rings. The van der Waals surface area contributed by atoms with Gasteiger partial charge >= 0.3 is 11.9 Å². The number of allylic oxidation sites excluding steroid dienone is 4. The molecular formula is C43H80N2O7. The Kier molecular flexibility index (Phi) is 36.8. The fourth-order valence-electron chi connectivity index (χ4n) is 6.09. The number of hydrogen-bond donors (Lipinski definition) is 2. The molecule has 0 bridgehead atoms. The smallest absolute Gasteiger partial charge is 0.306 e. The number of nitrogens with one attached hydrogen (secondary N) is 1. The predicted octanol–water partition coefficient (Wildman–Crippen LogP) is 10.6. The average Bonchev–Trinajstić information content (AvgIpc) is 3.13. The number of amides is 1.